The van der Waals surface area contributed by atoms with Gasteiger partial charge in [0.1, 0.15) is 0 Å². The van der Waals surface area contributed by atoms with Crippen LogP contribution in [0, 0.1) is 0 Å². The fourth-order valence-corrected chi connectivity index (χ4v) is 17.8. The Hall–Kier alpha value is -8.83. The third kappa shape index (κ3) is 6.46. The highest BCUT2D eigenvalue weighted by Crippen LogP contribution is 2.45. The van der Waals surface area contributed by atoms with E-state index in [2.05, 4.69) is 300 Å². The summed E-state index contributed by atoms with van der Waals surface area (Å²) in [5.74, 6) is 0. The maximum atomic E-state index is 2.74. The average molecular weight is 932 g/mol. The Morgan fingerprint density at radius 3 is 0.903 bits per heavy atom. The largest absolute Gasteiger partial charge is 0.313 e. The minimum atomic E-state index is -3.37. The molecule has 72 heavy (non-hydrogen) atoms. The Morgan fingerprint density at radius 2 is 0.569 bits per heavy atom. The van der Waals surface area contributed by atoms with Gasteiger partial charge in [-0.25, -0.2) is 0 Å². The first-order valence-corrected chi connectivity index (χ1v) is 27.1. The van der Waals surface area contributed by atoms with Crippen molar-refractivity contribution in [1.29, 1.82) is 0 Å². The van der Waals surface area contributed by atoms with E-state index < -0.39 is 8.07 Å². The van der Waals surface area contributed by atoms with Gasteiger partial charge in [0.05, 0.1) is 0 Å². The summed E-state index contributed by atoms with van der Waals surface area (Å²) in [5, 5.41) is 5.46. The SMILES string of the molecule is c1ccc(B2c3cccc4c3N3c5c2cc(N(c2ccccc2)c2ccccc2)cc5[Si](c2ccccc2)(c2ccccc2)c2cc(N(c5ccccc5)c5ccccc5)cc(c23)B4c2ccccc2)cc1. The van der Waals surface area contributed by atoms with E-state index in [9.17, 15) is 0 Å². The van der Waals surface area contributed by atoms with E-state index in [-0.39, 0.29) is 13.4 Å². The summed E-state index contributed by atoms with van der Waals surface area (Å²) < 4.78 is 0. The monoisotopic (exact) mass is 931 g/mol. The first kappa shape index (κ1) is 42.1. The van der Waals surface area contributed by atoms with Crippen molar-refractivity contribution in [1.82, 2.24) is 0 Å². The molecule has 3 aliphatic rings. The molecule has 0 unspecified atom stereocenters. The van der Waals surface area contributed by atoms with Crippen LogP contribution in [0.2, 0.25) is 0 Å². The maximum absolute atomic E-state index is 3.37. The first-order chi connectivity index (χ1) is 35.8. The third-order valence-corrected chi connectivity index (χ3v) is 20.1. The lowest BCUT2D eigenvalue weighted by Crippen LogP contribution is -2.81. The Labute approximate surface area is 423 Å². The maximum Gasteiger partial charge on any atom is 0.246 e. The standard InChI is InChI=1S/C66H47B2N3Si/c1-9-26-48(27-10-1)67-58-42-25-43-59-64(58)71-65-60(67)44-54(69(50-30-13-3-14-31-50)51-32-15-4-16-33-51)46-62(65)72(56-38-21-7-22-39-56,57-40-23-8-24-41-57)63-47-55(45-61(66(63)71)68(59)49-28-11-2-12-29-49)70(52-34-17-5-18-35-52)53-36-19-6-20-37-53/h1-47H. The van der Waals surface area contributed by atoms with Gasteiger partial charge in [-0.3, -0.25) is 0 Å². The highest BCUT2D eigenvalue weighted by molar-refractivity contribution is 7.22. The Bertz CT molecular complexity index is 3430. The third-order valence-electron chi connectivity index (χ3n) is 15.3. The molecule has 0 saturated carbocycles. The van der Waals surface area contributed by atoms with Crippen LogP contribution < -0.4 is 68.2 Å². The van der Waals surface area contributed by atoms with Crippen LogP contribution in [0.25, 0.3) is 0 Å². The fourth-order valence-electron chi connectivity index (χ4n) is 12.5. The number of hydrogen-bond donors (Lipinski definition) is 0. The second-order valence-corrected chi connectivity index (χ2v) is 22.9. The molecule has 0 amide bonds. The molecular formula is C66H47B2N3Si. The second kappa shape index (κ2) is 17.2. The number of benzene rings is 11. The smallest absolute Gasteiger partial charge is 0.246 e. The number of anilines is 9. The lowest BCUT2D eigenvalue weighted by Gasteiger charge is -2.53. The molecule has 0 bridgehead atoms. The minimum absolute atomic E-state index is 0.0526. The van der Waals surface area contributed by atoms with Crippen LogP contribution in [0.3, 0.4) is 0 Å². The van der Waals surface area contributed by atoms with Crippen LogP contribution in [0.15, 0.2) is 285 Å². The minimum Gasteiger partial charge on any atom is -0.313 e. The summed E-state index contributed by atoms with van der Waals surface area (Å²) in [6, 6.07) is 107. The summed E-state index contributed by atoms with van der Waals surface area (Å²) in [5.41, 5.74) is 18.5. The number of hydrogen-bond acceptors (Lipinski definition) is 3. The van der Waals surface area contributed by atoms with Crippen LogP contribution in [0.4, 0.5) is 51.2 Å². The molecule has 3 aliphatic heterocycles. The van der Waals surface area contributed by atoms with E-state index in [1.54, 1.807) is 0 Å². The van der Waals surface area contributed by atoms with Gasteiger partial charge in [0.25, 0.3) is 0 Å². The van der Waals surface area contributed by atoms with E-state index in [0.29, 0.717) is 0 Å². The molecule has 14 rings (SSSR count). The number of nitrogens with zero attached hydrogens (tertiary/aromatic N) is 3. The summed E-state index contributed by atoms with van der Waals surface area (Å²) in [6.45, 7) is -0.105. The quantitative estimate of drug-likeness (QED) is 0.127. The van der Waals surface area contributed by atoms with Crippen molar-refractivity contribution in [3.63, 3.8) is 0 Å². The van der Waals surface area contributed by atoms with Crippen molar-refractivity contribution < 1.29 is 0 Å². The number of para-hydroxylation sites is 5. The van der Waals surface area contributed by atoms with Gasteiger partial charge in [0.15, 0.2) is 8.07 Å². The molecule has 0 aromatic heterocycles. The zero-order chi connectivity index (χ0) is 47.6. The van der Waals surface area contributed by atoms with Crippen molar-refractivity contribution in [3.8, 4) is 0 Å². The average Bonchev–Trinajstić information content (AvgIpc) is 3.45. The zero-order valence-corrected chi connectivity index (χ0v) is 40.6. The normalized spacial score (nSPS) is 13.3. The van der Waals surface area contributed by atoms with Gasteiger partial charge in [0, 0.05) is 51.2 Å². The van der Waals surface area contributed by atoms with E-state index in [4.69, 9.17) is 0 Å². The van der Waals surface area contributed by atoms with Gasteiger partial charge >= 0.3 is 0 Å². The van der Waals surface area contributed by atoms with E-state index in [0.717, 1.165) is 34.1 Å². The van der Waals surface area contributed by atoms with E-state index >= 15 is 0 Å². The molecule has 3 heterocycles. The van der Waals surface area contributed by atoms with Gasteiger partial charge in [-0.15, -0.1) is 0 Å². The molecule has 0 spiro atoms. The van der Waals surface area contributed by atoms with Gasteiger partial charge in [-0.2, -0.15) is 0 Å². The molecule has 0 radical (unpaired) electrons. The lowest BCUT2D eigenvalue weighted by molar-refractivity contribution is 1.26. The lowest BCUT2D eigenvalue weighted by atomic mass is 9.30. The van der Waals surface area contributed by atoms with Crippen LogP contribution in [-0.4, -0.2) is 21.5 Å². The van der Waals surface area contributed by atoms with E-state index in [1.807, 2.05) is 0 Å². The highest BCUT2D eigenvalue weighted by atomic mass is 28.3. The summed E-state index contributed by atoms with van der Waals surface area (Å²) in [7, 11) is -3.37. The van der Waals surface area contributed by atoms with Gasteiger partial charge in [0.2, 0.25) is 13.4 Å². The first-order valence-electron chi connectivity index (χ1n) is 25.1. The topological polar surface area (TPSA) is 9.72 Å². The molecule has 0 N–H and O–H groups in total. The predicted octanol–water partition coefficient (Wildman–Crippen LogP) is 9.45. The van der Waals surface area contributed by atoms with Crippen LogP contribution in [0.5, 0.6) is 0 Å². The molecule has 0 saturated heterocycles. The van der Waals surface area contributed by atoms with Gasteiger partial charge < -0.3 is 14.7 Å². The van der Waals surface area contributed by atoms with Crippen LogP contribution in [-0.2, 0) is 0 Å². The molecule has 0 aliphatic carbocycles. The Morgan fingerprint density at radius 1 is 0.264 bits per heavy atom. The molecule has 3 nitrogen and oxygen atoms in total. The molecule has 11 aromatic carbocycles. The number of rotatable bonds is 10. The Kier molecular flexibility index (Phi) is 10.1. The Balaban J connectivity index is 1.21. The zero-order valence-electron chi connectivity index (χ0n) is 39.6. The molecule has 11 aromatic rings. The predicted molar refractivity (Wildman–Crippen MR) is 310 cm³/mol. The summed E-state index contributed by atoms with van der Waals surface area (Å²) >= 11 is 0. The summed E-state index contributed by atoms with van der Waals surface area (Å²) in [6.07, 6.45) is 0. The summed E-state index contributed by atoms with van der Waals surface area (Å²) in [4.78, 5) is 7.70. The van der Waals surface area contributed by atoms with Crippen LogP contribution >= 0.6 is 0 Å². The van der Waals surface area contributed by atoms with Gasteiger partial charge in [-0.1, -0.05) is 223 Å². The van der Waals surface area contributed by atoms with Crippen molar-refractivity contribution in [2.24, 2.45) is 0 Å². The molecule has 0 atom stereocenters. The van der Waals surface area contributed by atoms with Crippen LogP contribution in [0.1, 0.15) is 0 Å². The van der Waals surface area contributed by atoms with Crippen molar-refractivity contribution in [3.05, 3.63) is 285 Å². The molecular weight excluding hydrogens is 884 g/mol. The second-order valence-electron chi connectivity index (χ2n) is 19.2. The fraction of sp³-hybridized carbons (Fsp3) is 0. The van der Waals surface area contributed by atoms with E-state index in [1.165, 1.54) is 70.6 Å². The molecule has 6 heteroatoms. The molecule has 0 fully saturated rings. The van der Waals surface area contributed by atoms with Gasteiger partial charge in [-0.05, 0) is 115 Å². The highest BCUT2D eigenvalue weighted by Gasteiger charge is 2.56. The molecule has 336 valence electrons. The van der Waals surface area contributed by atoms with Crippen molar-refractivity contribution in [2.75, 3.05) is 14.7 Å². The van der Waals surface area contributed by atoms with Crippen molar-refractivity contribution in [2.45, 2.75) is 0 Å². The van der Waals surface area contributed by atoms with Crippen molar-refractivity contribution >= 4 is 126 Å².